The van der Waals surface area contributed by atoms with Crippen LogP contribution in [0.15, 0.2) is 49.1 Å². The fourth-order valence-corrected chi connectivity index (χ4v) is 2.63. The Hall–Kier alpha value is -3.89. The number of alkyl halides is 3. The van der Waals surface area contributed by atoms with Gasteiger partial charge in [0.25, 0.3) is 11.8 Å². The predicted octanol–water partition coefficient (Wildman–Crippen LogP) is 2.71. The van der Waals surface area contributed by atoms with Crippen LogP contribution >= 0.6 is 0 Å². The number of rotatable bonds is 6. The fourth-order valence-electron chi connectivity index (χ4n) is 2.63. The molecule has 8 nitrogen and oxygen atoms in total. The number of benzene rings is 2. The van der Waals surface area contributed by atoms with Gasteiger partial charge in [0.05, 0.1) is 22.5 Å². The van der Waals surface area contributed by atoms with Crippen molar-refractivity contribution < 1.29 is 27.5 Å². The van der Waals surface area contributed by atoms with Gasteiger partial charge < -0.3 is 15.8 Å². The number of primary amides is 1. The number of carbonyl (C=O) groups is 2. The van der Waals surface area contributed by atoms with Crippen LogP contribution in [0.2, 0.25) is 0 Å². The van der Waals surface area contributed by atoms with Crippen molar-refractivity contribution in [2.45, 2.75) is 13.1 Å². The monoisotopic (exact) mass is 419 g/mol. The second kappa shape index (κ2) is 8.23. The smallest absolute Gasteiger partial charge is 0.416 e. The highest BCUT2D eigenvalue weighted by Crippen LogP contribution is 2.33. The van der Waals surface area contributed by atoms with Crippen molar-refractivity contribution in [3.05, 3.63) is 65.7 Å². The van der Waals surface area contributed by atoms with E-state index < -0.39 is 30.2 Å². The molecule has 0 aliphatic rings. The first-order valence-corrected chi connectivity index (χ1v) is 8.54. The first-order valence-electron chi connectivity index (χ1n) is 8.54. The van der Waals surface area contributed by atoms with Gasteiger partial charge in [-0.1, -0.05) is 6.07 Å². The van der Waals surface area contributed by atoms with E-state index in [0.717, 1.165) is 17.7 Å². The summed E-state index contributed by atoms with van der Waals surface area (Å²) in [7, 11) is 0. The molecule has 0 bridgehead atoms. The number of nitrogens with one attached hydrogen (secondary N) is 1. The molecule has 3 rings (SSSR count). The zero-order chi connectivity index (χ0) is 21.9. The molecule has 156 valence electrons. The van der Waals surface area contributed by atoms with E-state index in [-0.39, 0.29) is 22.7 Å². The number of hydrogen-bond donors (Lipinski definition) is 2. The molecular weight excluding hydrogens is 403 g/mol. The third-order valence-corrected chi connectivity index (χ3v) is 4.02. The van der Waals surface area contributed by atoms with Gasteiger partial charge in [0.2, 0.25) is 0 Å². The number of hydrogen-bond acceptors (Lipinski definition) is 5. The Morgan fingerprint density at radius 3 is 2.60 bits per heavy atom. The maximum absolute atomic E-state index is 13.1. The Kier molecular flexibility index (Phi) is 5.72. The van der Waals surface area contributed by atoms with Gasteiger partial charge in [0.15, 0.2) is 6.61 Å². The molecule has 2 aromatic carbocycles. The van der Waals surface area contributed by atoms with E-state index in [0.29, 0.717) is 0 Å². The first-order chi connectivity index (χ1) is 14.1. The van der Waals surface area contributed by atoms with Gasteiger partial charge in [0, 0.05) is 0 Å². The number of ether oxygens (including phenoxy) is 1. The summed E-state index contributed by atoms with van der Waals surface area (Å²) in [5, 5.41) is 6.25. The molecule has 0 fully saturated rings. The maximum atomic E-state index is 13.1. The summed E-state index contributed by atoms with van der Waals surface area (Å²) in [4.78, 5) is 27.6. The zero-order valence-electron chi connectivity index (χ0n) is 15.6. The average Bonchev–Trinajstić information content (AvgIpc) is 3.20. The second-order valence-corrected chi connectivity index (χ2v) is 6.27. The Morgan fingerprint density at radius 2 is 1.97 bits per heavy atom. The predicted molar refractivity (Wildman–Crippen MR) is 100 cm³/mol. The molecular formula is C19H16F3N5O3. The lowest BCUT2D eigenvalue weighted by molar-refractivity contribution is -0.137. The Labute approximate surface area is 168 Å². The summed E-state index contributed by atoms with van der Waals surface area (Å²) in [5.74, 6) is -1.39. The Morgan fingerprint density at radius 1 is 1.20 bits per heavy atom. The van der Waals surface area contributed by atoms with Crippen molar-refractivity contribution in [1.82, 2.24) is 14.8 Å². The number of amides is 2. The number of halogens is 3. The summed E-state index contributed by atoms with van der Waals surface area (Å²) < 4.78 is 45.9. The van der Waals surface area contributed by atoms with E-state index in [1.165, 1.54) is 35.5 Å². The van der Waals surface area contributed by atoms with E-state index in [9.17, 15) is 22.8 Å². The number of aryl methyl sites for hydroxylation is 1. The van der Waals surface area contributed by atoms with Gasteiger partial charge in [0.1, 0.15) is 18.4 Å². The van der Waals surface area contributed by atoms with E-state index in [2.05, 4.69) is 15.4 Å². The van der Waals surface area contributed by atoms with Crippen molar-refractivity contribution in [3.63, 3.8) is 0 Å². The summed E-state index contributed by atoms with van der Waals surface area (Å²) in [6.45, 7) is 1.20. The van der Waals surface area contributed by atoms with E-state index >= 15 is 0 Å². The third kappa shape index (κ3) is 4.74. The van der Waals surface area contributed by atoms with E-state index in [4.69, 9.17) is 10.5 Å². The first kappa shape index (κ1) is 20.8. The van der Waals surface area contributed by atoms with Gasteiger partial charge in [-0.25, -0.2) is 9.67 Å². The normalized spacial score (nSPS) is 11.2. The lowest BCUT2D eigenvalue weighted by Crippen LogP contribution is -2.23. The summed E-state index contributed by atoms with van der Waals surface area (Å²) in [6.07, 6.45) is -2.12. The molecule has 2 amide bonds. The minimum Gasteiger partial charge on any atom is -0.483 e. The molecule has 0 aliphatic heterocycles. The largest absolute Gasteiger partial charge is 0.483 e. The standard InChI is InChI=1S/C19H16F3N5O3/c1-11-2-4-13(18(23)29)16(6-11)30-8-17(28)26-14-7-12(19(20,21)22)3-5-15(14)27-10-24-9-25-27/h2-7,9-10H,8H2,1H3,(H2,23,29)(H,26,28). The summed E-state index contributed by atoms with van der Waals surface area (Å²) >= 11 is 0. The quantitative estimate of drug-likeness (QED) is 0.638. The molecule has 0 radical (unpaired) electrons. The average molecular weight is 419 g/mol. The van der Waals surface area contributed by atoms with E-state index in [1.807, 2.05) is 0 Å². The fraction of sp³-hybridized carbons (Fsp3) is 0.158. The third-order valence-electron chi connectivity index (χ3n) is 4.02. The summed E-state index contributed by atoms with van der Waals surface area (Å²) in [5.41, 5.74) is 5.23. The number of anilines is 1. The van der Waals surface area contributed by atoms with Crippen LogP contribution in [0.1, 0.15) is 21.5 Å². The molecule has 3 aromatic rings. The van der Waals surface area contributed by atoms with Gasteiger partial charge in [-0.2, -0.15) is 18.3 Å². The van der Waals surface area contributed by atoms with Gasteiger partial charge in [-0.05, 0) is 42.8 Å². The molecule has 0 unspecified atom stereocenters. The van der Waals surface area contributed by atoms with E-state index in [1.54, 1.807) is 13.0 Å². The van der Waals surface area contributed by atoms with Crippen molar-refractivity contribution in [2.24, 2.45) is 5.73 Å². The molecule has 0 aliphatic carbocycles. The van der Waals surface area contributed by atoms with Crippen LogP contribution in [0.5, 0.6) is 5.75 Å². The molecule has 0 saturated heterocycles. The van der Waals surface area contributed by atoms with Gasteiger partial charge >= 0.3 is 6.18 Å². The summed E-state index contributed by atoms with van der Waals surface area (Å²) in [6, 6.07) is 7.46. The van der Waals surface area contributed by atoms with Crippen LogP contribution in [0.4, 0.5) is 18.9 Å². The number of carbonyl (C=O) groups excluding carboxylic acids is 2. The van der Waals surface area contributed by atoms with Gasteiger partial charge in [-0.3, -0.25) is 9.59 Å². The Bertz CT molecular complexity index is 1080. The van der Waals surface area contributed by atoms with Crippen LogP contribution < -0.4 is 15.8 Å². The van der Waals surface area contributed by atoms with Gasteiger partial charge in [-0.15, -0.1) is 0 Å². The topological polar surface area (TPSA) is 112 Å². The highest BCUT2D eigenvalue weighted by Gasteiger charge is 2.31. The van der Waals surface area contributed by atoms with Crippen LogP contribution in [0.3, 0.4) is 0 Å². The SMILES string of the molecule is Cc1ccc(C(N)=O)c(OCC(=O)Nc2cc(C(F)(F)F)ccc2-n2cncn2)c1. The lowest BCUT2D eigenvalue weighted by Gasteiger charge is -2.15. The molecule has 11 heteroatoms. The molecule has 1 heterocycles. The van der Waals surface area contributed by atoms with Crippen molar-refractivity contribution in [2.75, 3.05) is 11.9 Å². The van der Waals surface area contributed by atoms with Crippen molar-refractivity contribution in [3.8, 4) is 11.4 Å². The molecule has 0 spiro atoms. The van der Waals surface area contributed by atoms with Crippen molar-refractivity contribution >= 4 is 17.5 Å². The van der Waals surface area contributed by atoms with Crippen LogP contribution in [-0.2, 0) is 11.0 Å². The minimum atomic E-state index is -4.60. The van der Waals surface area contributed by atoms with Crippen molar-refractivity contribution in [1.29, 1.82) is 0 Å². The Balaban J connectivity index is 1.83. The number of aromatic nitrogens is 3. The number of nitrogens with two attached hydrogens (primary N) is 1. The minimum absolute atomic E-state index is 0.0794. The molecule has 30 heavy (non-hydrogen) atoms. The lowest BCUT2D eigenvalue weighted by atomic mass is 10.1. The van der Waals surface area contributed by atoms with Crippen LogP contribution in [0, 0.1) is 6.92 Å². The van der Waals surface area contributed by atoms with Crippen LogP contribution in [0.25, 0.3) is 5.69 Å². The second-order valence-electron chi connectivity index (χ2n) is 6.27. The highest BCUT2D eigenvalue weighted by atomic mass is 19.4. The molecule has 0 saturated carbocycles. The molecule has 1 aromatic heterocycles. The zero-order valence-corrected chi connectivity index (χ0v) is 15.6. The van der Waals surface area contributed by atoms with Crippen LogP contribution in [-0.4, -0.2) is 33.2 Å². The molecule has 0 atom stereocenters. The highest BCUT2D eigenvalue weighted by molar-refractivity contribution is 5.96. The number of nitrogens with zero attached hydrogens (tertiary/aromatic N) is 3. The maximum Gasteiger partial charge on any atom is 0.416 e. The molecule has 3 N–H and O–H groups in total.